The molecule has 0 aromatic carbocycles. The van der Waals surface area contributed by atoms with Gasteiger partial charge in [0, 0.05) is 32.7 Å². The van der Waals surface area contributed by atoms with E-state index in [0.29, 0.717) is 0 Å². The Morgan fingerprint density at radius 1 is 1.17 bits per heavy atom. The molecule has 0 unspecified atom stereocenters. The molecule has 1 N–H and O–H groups in total. The molecule has 0 spiro atoms. The second kappa shape index (κ2) is 6.59. The number of hydrogen-bond acceptors (Lipinski definition) is 5. The standard InChI is InChI=1S/C14H22F3N5O/c1-13(2,3)20-11(23)8-22(6)12-18-9(14(15,16)17)7-10(19-12)21(4)5/h7H,8H2,1-6H3,(H,20,23). The van der Waals surface area contributed by atoms with E-state index in [1.807, 2.05) is 20.8 Å². The fourth-order valence-corrected chi connectivity index (χ4v) is 1.71. The lowest BCUT2D eigenvalue weighted by Crippen LogP contribution is -2.45. The molecule has 0 aliphatic heterocycles. The molecular weight excluding hydrogens is 311 g/mol. The Bertz CT molecular complexity index is 567. The molecular formula is C14H22F3N5O. The number of carbonyl (C=O) groups excluding carboxylic acids is 1. The van der Waals surface area contributed by atoms with Gasteiger partial charge >= 0.3 is 6.18 Å². The van der Waals surface area contributed by atoms with Crippen molar-refractivity contribution in [3.63, 3.8) is 0 Å². The normalized spacial score (nSPS) is 12.0. The maximum absolute atomic E-state index is 13.0. The van der Waals surface area contributed by atoms with Crippen molar-refractivity contribution in [1.82, 2.24) is 15.3 Å². The summed E-state index contributed by atoms with van der Waals surface area (Å²) < 4.78 is 38.9. The quantitative estimate of drug-likeness (QED) is 0.912. The van der Waals surface area contributed by atoms with E-state index in [4.69, 9.17) is 0 Å². The molecule has 0 bridgehead atoms. The molecule has 1 aromatic rings. The summed E-state index contributed by atoms with van der Waals surface area (Å²) in [6, 6.07) is 0.868. The van der Waals surface area contributed by atoms with Gasteiger partial charge in [-0.2, -0.15) is 18.2 Å². The van der Waals surface area contributed by atoms with Crippen LogP contribution in [-0.2, 0) is 11.0 Å². The number of anilines is 2. The van der Waals surface area contributed by atoms with Crippen molar-refractivity contribution in [2.24, 2.45) is 0 Å². The SMILES string of the molecule is CN(C)c1cc(C(F)(F)F)nc(N(C)CC(=O)NC(C)(C)C)n1. The van der Waals surface area contributed by atoms with Crippen molar-refractivity contribution in [3.8, 4) is 0 Å². The predicted octanol–water partition coefficient (Wildman–Crippen LogP) is 1.91. The van der Waals surface area contributed by atoms with Crippen LogP contribution in [0.25, 0.3) is 0 Å². The highest BCUT2D eigenvalue weighted by Crippen LogP contribution is 2.30. The third-order valence-corrected chi connectivity index (χ3v) is 2.69. The first kappa shape index (κ1) is 19.0. The summed E-state index contributed by atoms with van der Waals surface area (Å²) in [5, 5.41) is 2.73. The molecule has 0 saturated carbocycles. The average Bonchev–Trinajstić information content (AvgIpc) is 2.34. The summed E-state index contributed by atoms with van der Waals surface area (Å²) in [6.07, 6.45) is -4.59. The van der Waals surface area contributed by atoms with E-state index in [1.54, 1.807) is 14.1 Å². The molecule has 23 heavy (non-hydrogen) atoms. The van der Waals surface area contributed by atoms with Crippen LogP contribution in [0.4, 0.5) is 24.9 Å². The second-order valence-corrected chi connectivity index (χ2v) is 6.46. The van der Waals surface area contributed by atoms with E-state index in [-0.39, 0.29) is 24.2 Å². The molecule has 0 fully saturated rings. The van der Waals surface area contributed by atoms with Gasteiger partial charge in [0.05, 0.1) is 6.54 Å². The molecule has 1 aromatic heterocycles. The summed E-state index contributed by atoms with van der Waals surface area (Å²) in [6.45, 7) is 5.30. The summed E-state index contributed by atoms with van der Waals surface area (Å²) in [7, 11) is 4.63. The van der Waals surface area contributed by atoms with E-state index in [9.17, 15) is 18.0 Å². The minimum atomic E-state index is -4.59. The zero-order chi connectivity index (χ0) is 18.0. The number of aromatic nitrogens is 2. The molecule has 6 nitrogen and oxygen atoms in total. The Kier molecular flexibility index (Phi) is 5.44. The topological polar surface area (TPSA) is 61.4 Å². The van der Waals surface area contributed by atoms with Gasteiger partial charge in [0.15, 0.2) is 5.69 Å². The fourth-order valence-electron chi connectivity index (χ4n) is 1.71. The molecule has 0 atom stereocenters. The van der Waals surface area contributed by atoms with Crippen LogP contribution in [0.15, 0.2) is 6.07 Å². The zero-order valence-corrected chi connectivity index (χ0v) is 14.1. The largest absolute Gasteiger partial charge is 0.433 e. The van der Waals surface area contributed by atoms with E-state index in [2.05, 4.69) is 15.3 Å². The van der Waals surface area contributed by atoms with Crippen molar-refractivity contribution >= 4 is 17.7 Å². The third kappa shape index (κ3) is 5.91. The van der Waals surface area contributed by atoms with Crippen LogP contribution in [0.1, 0.15) is 26.5 Å². The molecule has 0 radical (unpaired) electrons. The van der Waals surface area contributed by atoms with Crippen LogP contribution < -0.4 is 15.1 Å². The molecule has 9 heteroatoms. The summed E-state index contributed by atoms with van der Waals surface area (Å²) >= 11 is 0. The predicted molar refractivity (Wildman–Crippen MR) is 82.5 cm³/mol. The smallest absolute Gasteiger partial charge is 0.363 e. The summed E-state index contributed by atoms with van der Waals surface area (Å²) in [4.78, 5) is 22.2. The first-order valence-corrected chi connectivity index (χ1v) is 6.95. The zero-order valence-electron chi connectivity index (χ0n) is 14.1. The minimum Gasteiger partial charge on any atom is -0.363 e. The number of nitrogens with zero attached hydrogens (tertiary/aromatic N) is 4. The van der Waals surface area contributed by atoms with Crippen LogP contribution >= 0.6 is 0 Å². The van der Waals surface area contributed by atoms with Crippen LogP contribution in [0.2, 0.25) is 0 Å². The molecule has 0 saturated heterocycles. The van der Waals surface area contributed by atoms with Crippen LogP contribution in [0.5, 0.6) is 0 Å². The molecule has 0 aliphatic rings. The molecule has 130 valence electrons. The molecule has 1 rings (SSSR count). The van der Waals surface area contributed by atoms with E-state index >= 15 is 0 Å². The highest BCUT2D eigenvalue weighted by molar-refractivity contribution is 5.81. The van der Waals surface area contributed by atoms with Crippen LogP contribution in [0, 0.1) is 0 Å². The van der Waals surface area contributed by atoms with Gasteiger partial charge in [0.1, 0.15) is 5.82 Å². The number of likely N-dealkylation sites (N-methyl/N-ethyl adjacent to an activating group) is 1. The molecule has 1 amide bonds. The molecule has 1 heterocycles. The van der Waals surface area contributed by atoms with Crippen molar-refractivity contribution in [3.05, 3.63) is 11.8 Å². The Labute approximate surface area is 133 Å². The highest BCUT2D eigenvalue weighted by atomic mass is 19.4. The summed E-state index contributed by atoms with van der Waals surface area (Å²) in [5.74, 6) is -0.370. The molecule has 0 aliphatic carbocycles. The monoisotopic (exact) mass is 333 g/mol. The van der Waals surface area contributed by atoms with Crippen LogP contribution in [0.3, 0.4) is 0 Å². The Morgan fingerprint density at radius 2 is 1.74 bits per heavy atom. The van der Waals surface area contributed by atoms with Gasteiger partial charge < -0.3 is 15.1 Å². The second-order valence-electron chi connectivity index (χ2n) is 6.46. The Hall–Kier alpha value is -2.06. The lowest BCUT2D eigenvalue weighted by atomic mass is 10.1. The first-order valence-electron chi connectivity index (χ1n) is 6.95. The van der Waals surface area contributed by atoms with E-state index < -0.39 is 17.4 Å². The number of nitrogens with one attached hydrogen (secondary N) is 1. The maximum atomic E-state index is 13.0. The number of carbonyl (C=O) groups is 1. The van der Waals surface area contributed by atoms with Gasteiger partial charge in [-0.15, -0.1) is 0 Å². The van der Waals surface area contributed by atoms with Gasteiger partial charge in [0.2, 0.25) is 11.9 Å². The maximum Gasteiger partial charge on any atom is 0.433 e. The Balaban J connectivity index is 3.06. The van der Waals surface area contributed by atoms with E-state index in [1.165, 1.54) is 16.8 Å². The number of alkyl halides is 3. The van der Waals surface area contributed by atoms with Crippen LogP contribution in [-0.4, -0.2) is 49.1 Å². The number of halogens is 3. The number of hydrogen-bond donors (Lipinski definition) is 1. The summed E-state index contributed by atoms with van der Waals surface area (Å²) in [5.41, 5.74) is -1.48. The van der Waals surface area contributed by atoms with Gasteiger partial charge in [0.25, 0.3) is 0 Å². The van der Waals surface area contributed by atoms with Gasteiger partial charge in [-0.1, -0.05) is 0 Å². The van der Waals surface area contributed by atoms with Crippen molar-refractivity contribution in [2.75, 3.05) is 37.5 Å². The lowest BCUT2D eigenvalue weighted by Gasteiger charge is -2.24. The Morgan fingerprint density at radius 3 is 2.17 bits per heavy atom. The number of rotatable bonds is 4. The highest BCUT2D eigenvalue weighted by Gasteiger charge is 2.34. The first-order chi connectivity index (χ1) is 10.3. The lowest BCUT2D eigenvalue weighted by molar-refractivity contribution is -0.141. The average molecular weight is 333 g/mol. The van der Waals surface area contributed by atoms with E-state index in [0.717, 1.165) is 6.07 Å². The van der Waals surface area contributed by atoms with Gasteiger partial charge in [-0.05, 0) is 20.8 Å². The fraction of sp³-hybridized carbons (Fsp3) is 0.643. The third-order valence-electron chi connectivity index (χ3n) is 2.69. The van der Waals surface area contributed by atoms with Crippen molar-refractivity contribution < 1.29 is 18.0 Å². The minimum absolute atomic E-state index is 0.116. The number of amides is 1. The van der Waals surface area contributed by atoms with Gasteiger partial charge in [-0.3, -0.25) is 4.79 Å². The van der Waals surface area contributed by atoms with Gasteiger partial charge in [-0.25, -0.2) is 4.98 Å². The van der Waals surface area contributed by atoms with Crippen molar-refractivity contribution in [1.29, 1.82) is 0 Å². The van der Waals surface area contributed by atoms with Crippen molar-refractivity contribution in [2.45, 2.75) is 32.5 Å².